The van der Waals surface area contributed by atoms with Crippen LogP contribution in [0, 0.1) is 0 Å². The molecule has 3 aromatic carbocycles. The molecule has 1 aliphatic carbocycles. The Balaban J connectivity index is 1.96. The molecule has 2 heteroatoms. The lowest BCUT2D eigenvalue weighted by molar-refractivity contribution is 0.226. The van der Waals surface area contributed by atoms with Gasteiger partial charge in [-0.05, 0) is 22.8 Å². The molecular weight excluding hydrogens is 258 g/mol. The largest absolute Gasteiger partial charge is 0.384 e. The second-order valence-electron chi connectivity index (χ2n) is 5.61. The zero-order chi connectivity index (χ0) is 14.0. The first-order chi connectivity index (χ1) is 10.3. The molecule has 1 unspecified atom stereocenters. The number of H-pyrrole nitrogens is 1. The molecule has 0 saturated heterocycles. The predicted octanol–water partition coefficient (Wildman–Crippen LogP) is 4.38. The van der Waals surface area contributed by atoms with E-state index in [1.807, 2.05) is 30.3 Å². The molecule has 0 fully saturated rings. The van der Waals surface area contributed by atoms with Crippen LogP contribution < -0.4 is 0 Å². The van der Waals surface area contributed by atoms with E-state index in [1.165, 1.54) is 10.8 Å². The highest BCUT2D eigenvalue weighted by molar-refractivity contribution is 6.10. The lowest BCUT2D eigenvalue weighted by Gasteiger charge is -2.06. The van der Waals surface area contributed by atoms with E-state index in [-0.39, 0.29) is 0 Å². The highest BCUT2D eigenvalue weighted by Gasteiger charge is 2.29. The summed E-state index contributed by atoms with van der Waals surface area (Å²) in [4.78, 5) is 3.48. The summed E-state index contributed by atoms with van der Waals surface area (Å²) in [6, 6.07) is 20.7. The first-order valence-electron chi connectivity index (χ1n) is 7.15. The van der Waals surface area contributed by atoms with Gasteiger partial charge in [0.15, 0.2) is 0 Å². The number of rotatable bonds is 0. The summed E-state index contributed by atoms with van der Waals surface area (Å²) in [5.41, 5.74) is 6.45. The Morgan fingerprint density at radius 2 is 1.57 bits per heavy atom. The van der Waals surface area contributed by atoms with Crippen molar-refractivity contribution in [2.24, 2.45) is 0 Å². The van der Waals surface area contributed by atoms with Crippen LogP contribution in [0.25, 0.3) is 32.9 Å². The van der Waals surface area contributed by atoms with E-state index < -0.39 is 6.10 Å². The monoisotopic (exact) mass is 271 g/mol. The average molecular weight is 271 g/mol. The van der Waals surface area contributed by atoms with Crippen molar-refractivity contribution in [1.82, 2.24) is 4.98 Å². The van der Waals surface area contributed by atoms with Crippen LogP contribution in [0.15, 0.2) is 60.7 Å². The van der Waals surface area contributed by atoms with Crippen molar-refractivity contribution in [1.29, 1.82) is 0 Å². The van der Waals surface area contributed by atoms with Crippen molar-refractivity contribution in [2.45, 2.75) is 6.10 Å². The third-order valence-electron chi connectivity index (χ3n) is 4.54. The minimum atomic E-state index is -0.548. The van der Waals surface area contributed by atoms with Crippen LogP contribution in [-0.2, 0) is 0 Å². The van der Waals surface area contributed by atoms with Gasteiger partial charge in [0.2, 0.25) is 0 Å². The Labute approximate surface area is 121 Å². The number of aromatic amines is 1. The van der Waals surface area contributed by atoms with Crippen molar-refractivity contribution in [3.63, 3.8) is 0 Å². The van der Waals surface area contributed by atoms with Crippen molar-refractivity contribution < 1.29 is 5.11 Å². The number of para-hydroxylation sites is 1. The molecule has 4 aromatic rings. The fourth-order valence-electron chi connectivity index (χ4n) is 3.60. The van der Waals surface area contributed by atoms with E-state index in [2.05, 4.69) is 35.3 Å². The highest BCUT2D eigenvalue weighted by atomic mass is 16.3. The van der Waals surface area contributed by atoms with Crippen LogP contribution in [0.4, 0.5) is 0 Å². The Bertz CT molecular complexity index is 1010. The van der Waals surface area contributed by atoms with E-state index in [4.69, 9.17) is 0 Å². The lowest BCUT2D eigenvalue weighted by atomic mass is 10.0. The van der Waals surface area contributed by atoms with E-state index in [0.717, 1.165) is 33.3 Å². The van der Waals surface area contributed by atoms with Gasteiger partial charge in [-0.25, -0.2) is 0 Å². The summed E-state index contributed by atoms with van der Waals surface area (Å²) < 4.78 is 0. The summed E-state index contributed by atoms with van der Waals surface area (Å²) in [5, 5.41) is 13.1. The molecule has 1 aromatic heterocycles. The van der Waals surface area contributed by atoms with E-state index in [1.54, 1.807) is 0 Å². The summed E-state index contributed by atoms with van der Waals surface area (Å²) in [6.45, 7) is 0. The number of fused-ring (bicyclic) bond motifs is 7. The Morgan fingerprint density at radius 3 is 2.52 bits per heavy atom. The maximum atomic E-state index is 10.7. The molecule has 0 aliphatic heterocycles. The minimum Gasteiger partial charge on any atom is -0.384 e. The number of hydrogen-bond donors (Lipinski definition) is 2. The zero-order valence-electron chi connectivity index (χ0n) is 11.3. The topological polar surface area (TPSA) is 36.0 Å². The van der Waals surface area contributed by atoms with Gasteiger partial charge in [0.25, 0.3) is 0 Å². The quantitative estimate of drug-likeness (QED) is 0.489. The molecule has 0 spiro atoms. The van der Waals surface area contributed by atoms with Crippen molar-refractivity contribution in [3.8, 4) is 11.1 Å². The number of nitrogens with one attached hydrogen (secondary N) is 1. The van der Waals surface area contributed by atoms with Crippen LogP contribution in [0.2, 0.25) is 0 Å². The van der Waals surface area contributed by atoms with E-state index >= 15 is 0 Å². The van der Waals surface area contributed by atoms with Gasteiger partial charge in [-0.2, -0.15) is 0 Å². The maximum Gasteiger partial charge on any atom is 0.107 e. The van der Waals surface area contributed by atoms with Crippen LogP contribution in [0.5, 0.6) is 0 Å². The van der Waals surface area contributed by atoms with E-state index in [9.17, 15) is 5.11 Å². The zero-order valence-corrected chi connectivity index (χ0v) is 11.3. The van der Waals surface area contributed by atoms with Crippen LogP contribution in [-0.4, -0.2) is 10.1 Å². The molecule has 1 aliphatic rings. The van der Waals surface area contributed by atoms with Gasteiger partial charge in [0.1, 0.15) is 6.10 Å². The molecule has 2 nitrogen and oxygen atoms in total. The van der Waals surface area contributed by atoms with Crippen LogP contribution in [0.1, 0.15) is 17.2 Å². The minimum absolute atomic E-state index is 0.548. The molecule has 1 heterocycles. The summed E-state index contributed by atoms with van der Waals surface area (Å²) >= 11 is 0. The fourth-order valence-corrected chi connectivity index (χ4v) is 3.60. The van der Waals surface area contributed by atoms with Crippen LogP contribution in [0.3, 0.4) is 0 Å². The first kappa shape index (κ1) is 11.1. The number of benzene rings is 3. The number of aliphatic hydroxyl groups is 1. The van der Waals surface area contributed by atoms with Gasteiger partial charge >= 0.3 is 0 Å². The maximum absolute atomic E-state index is 10.7. The van der Waals surface area contributed by atoms with Crippen molar-refractivity contribution in [2.75, 3.05) is 0 Å². The summed E-state index contributed by atoms with van der Waals surface area (Å²) in [6.07, 6.45) is -0.548. The molecule has 1 atom stereocenters. The smallest absolute Gasteiger partial charge is 0.107 e. The van der Waals surface area contributed by atoms with Gasteiger partial charge in [-0.15, -0.1) is 0 Å². The Hall–Kier alpha value is -2.58. The standard InChI is InChI=1S/C19H13NO/c21-19-15-7-2-1-5-11(15)13-9-10-14-12-6-3-4-8-16(12)20-18(14)17(13)19/h1-10,19-21H. The number of hydrogen-bond acceptors (Lipinski definition) is 1. The molecule has 0 bridgehead atoms. The Morgan fingerprint density at radius 1 is 0.762 bits per heavy atom. The summed E-state index contributed by atoms with van der Waals surface area (Å²) in [7, 11) is 0. The van der Waals surface area contributed by atoms with Crippen molar-refractivity contribution in [3.05, 3.63) is 71.8 Å². The van der Waals surface area contributed by atoms with Gasteiger partial charge < -0.3 is 10.1 Å². The number of aromatic nitrogens is 1. The second-order valence-corrected chi connectivity index (χ2v) is 5.61. The first-order valence-corrected chi connectivity index (χ1v) is 7.15. The predicted molar refractivity (Wildman–Crippen MR) is 85.3 cm³/mol. The van der Waals surface area contributed by atoms with Gasteiger partial charge in [0.05, 0.1) is 5.52 Å². The summed E-state index contributed by atoms with van der Waals surface area (Å²) in [5.74, 6) is 0. The molecule has 100 valence electrons. The molecule has 0 radical (unpaired) electrons. The van der Waals surface area contributed by atoms with Crippen molar-refractivity contribution >= 4 is 21.8 Å². The normalized spacial score (nSPS) is 16.3. The highest BCUT2D eigenvalue weighted by Crippen LogP contribution is 2.47. The molecular formula is C19H13NO. The fraction of sp³-hybridized carbons (Fsp3) is 0.0526. The second kappa shape index (κ2) is 3.74. The lowest BCUT2D eigenvalue weighted by Crippen LogP contribution is -1.94. The molecule has 0 saturated carbocycles. The Kier molecular flexibility index (Phi) is 1.98. The van der Waals surface area contributed by atoms with Crippen LogP contribution >= 0.6 is 0 Å². The third kappa shape index (κ3) is 1.30. The molecule has 21 heavy (non-hydrogen) atoms. The van der Waals surface area contributed by atoms with Gasteiger partial charge in [-0.3, -0.25) is 0 Å². The molecule has 0 amide bonds. The molecule has 2 N–H and O–H groups in total. The van der Waals surface area contributed by atoms with Gasteiger partial charge in [-0.1, -0.05) is 54.6 Å². The number of aliphatic hydroxyl groups excluding tert-OH is 1. The molecule has 5 rings (SSSR count). The van der Waals surface area contributed by atoms with Gasteiger partial charge in [0, 0.05) is 21.9 Å². The SMILES string of the molecule is OC1c2ccccc2-c2ccc3c([nH]c4ccccc43)c21. The average Bonchev–Trinajstić information content (AvgIpc) is 3.04. The third-order valence-corrected chi connectivity index (χ3v) is 4.54. The van der Waals surface area contributed by atoms with E-state index in [0.29, 0.717) is 0 Å².